The molecular formula is C2H10AlCl. The van der Waals surface area contributed by atoms with Crippen molar-refractivity contribution in [1.29, 1.82) is 0 Å². The first-order chi connectivity index (χ1) is 1.41. The van der Waals surface area contributed by atoms with Crippen molar-refractivity contribution in [2.75, 3.05) is 0 Å². The maximum Gasteiger partial charge on any atom is 0.211 e. The van der Waals surface area contributed by atoms with Gasteiger partial charge in [-0.05, 0) is 0 Å². The van der Waals surface area contributed by atoms with Gasteiger partial charge in [-0.25, -0.2) is 0 Å². The summed E-state index contributed by atoms with van der Waals surface area (Å²) in [7, 11) is 0. The lowest BCUT2D eigenvalue weighted by Crippen LogP contribution is -1.41. The molecular weight excluding hydrogens is 86.5 g/mol. The summed E-state index contributed by atoms with van der Waals surface area (Å²) in [4.78, 5) is 0. The van der Waals surface area contributed by atoms with E-state index in [1.54, 1.807) is 0 Å². The number of hydrogen-bond donors (Lipinski definition) is 0. The zero-order valence-electron chi connectivity index (χ0n) is 3.12. The van der Waals surface area contributed by atoms with E-state index in [9.17, 15) is 0 Å². The number of hydrogen-bond acceptors (Lipinski definition) is 0. The molecule has 0 aromatic rings. The van der Waals surface area contributed by atoms with Gasteiger partial charge >= 0.3 is 0 Å². The largest absolute Gasteiger partial charge is 0.211 e. The smallest absolute Gasteiger partial charge is 0.147 e. The molecule has 0 fully saturated rings. The molecule has 0 saturated heterocycles. The normalized spacial score (nSPS) is 4.25. The van der Waals surface area contributed by atoms with Crippen LogP contribution in [0.2, 0.25) is 5.28 Å². The Labute approximate surface area is 42.9 Å². The second kappa shape index (κ2) is 9.17. The molecule has 0 rings (SSSR count). The maximum atomic E-state index is 2.19. The van der Waals surface area contributed by atoms with Gasteiger partial charge in [-0.2, -0.15) is 0 Å². The Morgan fingerprint density at radius 2 is 2.00 bits per heavy atom. The first-order valence-electron chi connectivity index (χ1n) is 1.41. The van der Waals surface area contributed by atoms with E-state index in [0.717, 1.165) is 0 Å². The summed E-state index contributed by atoms with van der Waals surface area (Å²) in [6.07, 6.45) is 0. The van der Waals surface area contributed by atoms with Crippen LogP contribution in [-0.2, 0) is 0 Å². The van der Waals surface area contributed by atoms with Crippen LogP contribution in [0.3, 0.4) is 0 Å². The summed E-state index contributed by atoms with van der Waals surface area (Å²) in [5.41, 5.74) is 0. The van der Waals surface area contributed by atoms with Gasteiger partial charge in [0.05, 0.1) is 0 Å². The molecule has 0 saturated carbocycles. The van der Waals surface area contributed by atoms with Gasteiger partial charge in [-0.1, -0.05) is 6.92 Å². The van der Waals surface area contributed by atoms with E-state index in [1.807, 2.05) is 0 Å². The van der Waals surface area contributed by atoms with Gasteiger partial charge in [-0.15, -0.1) is 17.7 Å². The first kappa shape index (κ1) is 8.85. The predicted molar refractivity (Wildman–Crippen MR) is 28.4 cm³/mol. The minimum absolute atomic E-state index is 0. The summed E-state index contributed by atoms with van der Waals surface area (Å²) in [6, 6.07) is 0. The minimum atomic E-state index is 0. The topological polar surface area (TPSA) is 0 Å². The fraction of sp³-hybridized carbons (Fsp3) is 1.00. The van der Waals surface area contributed by atoms with Crippen LogP contribution in [0, 0.1) is 0 Å². The lowest BCUT2D eigenvalue weighted by molar-refractivity contribution is 1.48. The molecule has 0 heterocycles. The molecule has 0 spiro atoms. The molecule has 0 nitrogen and oxygen atoms in total. The summed E-state index contributed by atoms with van der Waals surface area (Å²) >= 11 is 1.37. The highest BCUT2D eigenvalue weighted by Crippen LogP contribution is 1.49. The highest BCUT2D eigenvalue weighted by molar-refractivity contribution is 6.08. The monoisotopic (exact) mass is 96.0 g/mol. The Morgan fingerprint density at radius 1 is 2.00 bits per heavy atom. The van der Waals surface area contributed by atoms with Gasteiger partial charge in [0.1, 0.15) is 0 Å². The molecule has 0 aliphatic carbocycles. The van der Waals surface area contributed by atoms with Crippen molar-refractivity contribution in [3.8, 4) is 0 Å². The van der Waals surface area contributed by atoms with Gasteiger partial charge in [0.15, 0.2) is 0 Å². The molecule has 0 aliphatic rings. The second-order valence-corrected chi connectivity index (χ2v) is 2.12. The Kier molecular flexibility index (Phi) is 20.3. The highest BCUT2D eigenvalue weighted by Gasteiger charge is 1.41. The quantitative estimate of drug-likeness (QED) is 0.390. The molecule has 0 aromatic carbocycles. The van der Waals surface area contributed by atoms with Crippen LogP contribution < -0.4 is 0 Å². The third-order valence-corrected chi connectivity index (χ3v) is 0. The summed E-state index contributed by atoms with van der Waals surface area (Å²) < 4.78 is 0. The van der Waals surface area contributed by atoms with Crippen molar-refractivity contribution in [1.82, 2.24) is 0 Å². The molecule has 0 amide bonds. The minimum Gasteiger partial charge on any atom is -0.147 e. The predicted octanol–water partition coefficient (Wildman–Crippen LogP) is 0.725. The lowest BCUT2D eigenvalue weighted by Gasteiger charge is -1.44. The van der Waals surface area contributed by atoms with Crippen LogP contribution >= 0.6 is 12.4 Å². The second-order valence-electron chi connectivity index (χ2n) is 0.707. The molecule has 0 aromatic heterocycles. The van der Waals surface area contributed by atoms with Crippen LogP contribution in [0.5, 0.6) is 0 Å². The molecule has 0 radical (unpaired) electrons. The van der Waals surface area contributed by atoms with E-state index in [-0.39, 0.29) is 13.8 Å². The molecule has 2 heteroatoms. The van der Waals surface area contributed by atoms with Crippen molar-refractivity contribution >= 4 is 28.7 Å². The van der Waals surface area contributed by atoms with Crippen molar-refractivity contribution in [3.63, 3.8) is 0 Å². The van der Waals surface area contributed by atoms with Crippen molar-refractivity contribution in [2.45, 2.75) is 12.2 Å². The molecule has 0 N–H and O–H groups in total. The zero-order valence-corrected chi connectivity index (χ0v) is 5.93. The molecule has 0 aliphatic heterocycles. The number of rotatable bonds is 0. The molecule has 0 atom stereocenters. The van der Waals surface area contributed by atoms with E-state index in [2.05, 4.69) is 6.92 Å². The van der Waals surface area contributed by atoms with Crippen molar-refractivity contribution in [2.24, 2.45) is 0 Å². The standard InChI is InChI=1S/C2H5.Al.ClH.H2.2H/c1-2;;;;;/h1H2,2H3;;2*1H;;. The SMILES string of the molecule is C[CH2][AlH2].Cl.[HH]. The molecule has 0 unspecified atom stereocenters. The van der Waals surface area contributed by atoms with Gasteiger partial charge in [0.2, 0.25) is 16.3 Å². The Hall–Kier alpha value is 0.822. The first-order valence-corrected chi connectivity index (χ1v) is 2.83. The van der Waals surface area contributed by atoms with E-state index in [4.69, 9.17) is 0 Å². The van der Waals surface area contributed by atoms with Crippen LogP contribution in [0.15, 0.2) is 0 Å². The van der Waals surface area contributed by atoms with Crippen molar-refractivity contribution < 1.29 is 1.43 Å². The van der Waals surface area contributed by atoms with Gasteiger partial charge in [0, 0.05) is 1.43 Å². The third-order valence-electron chi connectivity index (χ3n) is 0. The van der Waals surface area contributed by atoms with Gasteiger partial charge in [-0.3, -0.25) is 0 Å². The van der Waals surface area contributed by atoms with Gasteiger partial charge < -0.3 is 0 Å². The van der Waals surface area contributed by atoms with Gasteiger partial charge in [0.25, 0.3) is 0 Å². The average Bonchev–Trinajstić information content (AvgIpc) is 0.918. The molecule has 4 heavy (non-hydrogen) atoms. The Bertz CT molecular complexity index is 9.61. The summed E-state index contributed by atoms with van der Waals surface area (Å²) in [5, 5.41) is 1.39. The van der Waals surface area contributed by atoms with E-state index in [1.165, 1.54) is 21.6 Å². The summed E-state index contributed by atoms with van der Waals surface area (Å²) in [6.45, 7) is 2.19. The fourth-order valence-electron chi connectivity index (χ4n) is 0. The lowest BCUT2D eigenvalue weighted by atomic mass is 11.0. The van der Waals surface area contributed by atoms with Crippen LogP contribution in [0.4, 0.5) is 0 Å². The summed E-state index contributed by atoms with van der Waals surface area (Å²) in [5.74, 6) is 0. The van der Waals surface area contributed by atoms with E-state index in [0.29, 0.717) is 0 Å². The number of halogens is 1. The zero-order chi connectivity index (χ0) is 2.71. The van der Waals surface area contributed by atoms with Crippen LogP contribution in [0.25, 0.3) is 0 Å². The highest BCUT2D eigenvalue weighted by atomic mass is 35.5. The molecule has 28 valence electrons. The van der Waals surface area contributed by atoms with E-state index >= 15 is 0 Å². The Balaban J connectivity index is -0.0000000200. The van der Waals surface area contributed by atoms with E-state index < -0.39 is 0 Å². The average molecular weight is 96.5 g/mol. The Morgan fingerprint density at radius 3 is 2.00 bits per heavy atom. The maximum absolute atomic E-state index is 2.19. The van der Waals surface area contributed by atoms with Crippen LogP contribution in [0.1, 0.15) is 8.35 Å². The van der Waals surface area contributed by atoms with Crippen LogP contribution in [-0.4, -0.2) is 16.3 Å². The third kappa shape index (κ3) is 13.9. The fourth-order valence-corrected chi connectivity index (χ4v) is 0. The molecule has 0 bridgehead atoms. The van der Waals surface area contributed by atoms with Crippen molar-refractivity contribution in [3.05, 3.63) is 0 Å².